The highest BCUT2D eigenvalue weighted by Crippen LogP contribution is 2.20. The van der Waals surface area contributed by atoms with Gasteiger partial charge in [-0.05, 0) is 30.7 Å². The van der Waals surface area contributed by atoms with Crippen LogP contribution in [0.15, 0.2) is 60.1 Å². The molecule has 0 aliphatic rings. The lowest BCUT2D eigenvalue weighted by atomic mass is 10.0. The predicted molar refractivity (Wildman–Crippen MR) is 135 cm³/mol. The van der Waals surface area contributed by atoms with Crippen LogP contribution in [0.2, 0.25) is 0 Å². The molecule has 35 heavy (non-hydrogen) atoms. The quantitative estimate of drug-likeness (QED) is 0.308. The molecule has 0 bridgehead atoms. The Labute approximate surface area is 206 Å². The van der Waals surface area contributed by atoms with Crippen molar-refractivity contribution in [2.45, 2.75) is 39.3 Å². The third-order valence-corrected chi connectivity index (χ3v) is 6.27. The average Bonchev–Trinajstić information content (AvgIpc) is 3.45. The minimum absolute atomic E-state index is 0.0428. The number of thiazole rings is 1. The minimum Gasteiger partial charge on any atom is -0.458 e. The summed E-state index contributed by atoms with van der Waals surface area (Å²) in [7, 11) is 0. The van der Waals surface area contributed by atoms with E-state index in [2.05, 4.69) is 20.6 Å². The van der Waals surface area contributed by atoms with Crippen LogP contribution in [-0.4, -0.2) is 33.8 Å². The number of aromatic nitrogens is 2. The molecule has 0 aliphatic carbocycles. The van der Waals surface area contributed by atoms with Crippen LogP contribution < -0.4 is 10.6 Å². The number of hydrogen-bond acceptors (Lipinski definition) is 6. The number of carbonyl (C=O) groups is 3. The summed E-state index contributed by atoms with van der Waals surface area (Å²) >= 11 is 1.33. The van der Waals surface area contributed by atoms with E-state index >= 15 is 0 Å². The zero-order valence-electron chi connectivity index (χ0n) is 19.5. The first kappa shape index (κ1) is 24.2. The summed E-state index contributed by atoms with van der Waals surface area (Å²) < 4.78 is 5.46. The van der Waals surface area contributed by atoms with Crippen molar-refractivity contribution < 1.29 is 19.1 Å². The van der Waals surface area contributed by atoms with Gasteiger partial charge in [-0.25, -0.2) is 9.78 Å². The standard InChI is InChI=1S/C26H26N4O4S/c1-16-7-9-19(10-8-16)29-24(32)12-25-30-20(15-35-25)14-34-26(33)23(28-17(2)31)11-18-13-27-22-6-4-3-5-21(18)22/h3-10,13,15,23,27H,11-12,14H2,1-2H3,(H,28,31)(H,29,32)/t23-/m0/s1. The van der Waals surface area contributed by atoms with Crippen molar-refractivity contribution in [1.29, 1.82) is 0 Å². The summed E-state index contributed by atoms with van der Waals surface area (Å²) in [6.45, 7) is 3.30. The summed E-state index contributed by atoms with van der Waals surface area (Å²) in [4.78, 5) is 44.4. The van der Waals surface area contributed by atoms with E-state index in [1.807, 2.05) is 61.7 Å². The van der Waals surface area contributed by atoms with Crippen LogP contribution in [0.5, 0.6) is 0 Å². The third kappa shape index (κ3) is 6.54. The first-order valence-electron chi connectivity index (χ1n) is 11.2. The lowest BCUT2D eigenvalue weighted by molar-refractivity contribution is -0.149. The van der Waals surface area contributed by atoms with E-state index in [1.165, 1.54) is 18.3 Å². The highest BCUT2D eigenvalue weighted by atomic mass is 32.1. The van der Waals surface area contributed by atoms with E-state index in [0.717, 1.165) is 27.7 Å². The third-order valence-electron chi connectivity index (χ3n) is 5.37. The number of benzene rings is 2. The molecule has 0 saturated heterocycles. The molecular weight excluding hydrogens is 464 g/mol. The minimum atomic E-state index is -0.829. The van der Waals surface area contributed by atoms with Crippen molar-refractivity contribution in [3.8, 4) is 0 Å². The number of carbonyl (C=O) groups excluding carboxylic acids is 3. The molecule has 2 amide bonds. The van der Waals surface area contributed by atoms with Crippen molar-refractivity contribution in [1.82, 2.24) is 15.3 Å². The molecule has 0 fully saturated rings. The number of anilines is 1. The second-order valence-corrected chi connectivity index (χ2v) is 9.19. The van der Waals surface area contributed by atoms with Gasteiger partial charge in [-0.3, -0.25) is 9.59 Å². The van der Waals surface area contributed by atoms with E-state index in [1.54, 1.807) is 5.38 Å². The van der Waals surface area contributed by atoms with Gasteiger partial charge in [-0.1, -0.05) is 35.9 Å². The van der Waals surface area contributed by atoms with Gasteiger partial charge in [0.25, 0.3) is 0 Å². The second-order valence-electron chi connectivity index (χ2n) is 8.25. The van der Waals surface area contributed by atoms with Crippen molar-refractivity contribution in [3.05, 3.63) is 81.9 Å². The molecule has 9 heteroatoms. The molecule has 4 aromatic rings. The monoisotopic (exact) mass is 490 g/mol. The first-order valence-corrected chi connectivity index (χ1v) is 12.0. The molecule has 4 rings (SSSR count). The molecule has 180 valence electrons. The van der Waals surface area contributed by atoms with Crippen molar-refractivity contribution in [3.63, 3.8) is 0 Å². The highest BCUT2D eigenvalue weighted by Gasteiger charge is 2.23. The fraction of sp³-hybridized carbons (Fsp3) is 0.231. The molecule has 2 aromatic carbocycles. The number of esters is 1. The second kappa shape index (κ2) is 11.0. The lowest BCUT2D eigenvalue weighted by Gasteiger charge is -2.16. The fourth-order valence-electron chi connectivity index (χ4n) is 3.68. The Hall–Kier alpha value is -3.98. The normalized spacial score (nSPS) is 11.7. The van der Waals surface area contributed by atoms with Gasteiger partial charge in [0.05, 0.1) is 12.1 Å². The van der Waals surface area contributed by atoms with Gasteiger partial charge in [0, 0.05) is 41.5 Å². The molecule has 0 radical (unpaired) electrons. The van der Waals surface area contributed by atoms with Crippen LogP contribution in [-0.2, 0) is 38.6 Å². The van der Waals surface area contributed by atoms with Gasteiger partial charge < -0.3 is 20.4 Å². The van der Waals surface area contributed by atoms with Crippen molar-refractivity contribution in [2.75, 3.05) is 5.32 Å². The Morgan fingerprint density at radius 2 is 1.89 bits per heavy atom. The number of nitrogens with one attached hydrogen (secondary N) is 3. The van der Waals surface area contributed by atoms with Crippen LogP contribution in [0.4, 0.5) is 5.69 Å². The molecule has 2 heterocycles. The Morgan fingerprint density at radius 1 is 1.11 bits per heavy atom. The van der Waals surface area contributed by atoms with Crippen molar-refractivity contribution in [2.24, 2.45) is 0 Å². The Balaban J connectivity index is 1.33. The number of ether oxygens (including phenoxy) is 1. The van der Waals surface area contributed by atoms with Crippen LogP contribution in [0.3, 0.4) is 0 Å². The number of nitrogens with zero attached hydrogens (tertiary/aromatic N) is 1. The molecule has 0 spiro atoms. The SMILES string of the molecule is CC(=O)N[C@@H](Cc1c[nH]c2ccccc12)C(=O)OCc1csc(CC(=O)Nc2ccc(C)cc2)n1. The van der Waals surface area contributed by atoms with E-state index in [0.29, 0.717) is 17.1 Å². The maximum Gasteiger partial charge on any atom is 0.329 e. The summed E-state index contributed by atoms with van der Waals surface area (Å²) in [5, 5.41) is 8.89. The summed E-state index contributed by atoms with van der Waals surface area (Å²) in [6, 6.07) is 14.5. The largest absolute Gasteiger partial charge is 0.458 e. The smallest absolute Gasteiger partial charge is 0.329 e. The number of fused-ring (bicyclic) bond motifs is 1. The van der Waals surface area contributed by atoms with Crippen LogP contribution in [0, 0.1) is 6.92 Å². The topological polar surface area (TPSA) is 113 Å². The van der Waals surface area contributed by atoms with E-state index in [-0.39, 0.29) is 24.8 Å². The highest BCUT2D eigenvalue weighted by molar-refractivity contribution is 7.09. The number of rotatable bonds is 9. The maximum absolute atomic E-state index is 12.8. The number of aromatic amines is 1. The molecule has 0 aliphatic heterocycles. The van der Waals surface area contributed by atoms with E-state index in [9.17, 15) is 14.4 Å². The van der Waals surface area contributed by atoms with Gasteiger partial charge in [0.1, 0.15) is 17.7 Å². The van der Waals surface area contributed by atoms with Crippen LogP contribution in [0.25, 0.3) is 10.9 Å². The fourth-order valence-corrected chi connectivity index (χ4v) is 4.46. The number of hydrogen-bond donors (Lipinski definition) is 3. The average molecular weight is 491 g/mol. The Bertz CT molecular complexity index is 1340. The van der Waals surface area contributed by atoms with Gasteiger partial charge in [-0.2, -0.15) is 0 Å². The number of para-hydroxylation sites is 1. The lowest BCUT2D eigenvalue weighted by Crippen LogP contribution is -2.42. The zero-order valence-corrected chi connectivity index (χ0v) is 20.3. The van der Waals surface area contributed by atoms with Crippen LogP contribution >= 0.6 is 11.3 Å². The number of H-pyrrole nitrogens is 1. The molecule has 0 saturated carbocycles. The van der Waals surface area contributed by atoms with Crippen LogP contribution in [0.1, 0.15) is 28.8 Å². The summed E-state index contributed by atoms with van der Waals surface area (Å²) in [5.41, 5.74) is 4.26. The van der Waals surface area contributed by atoms with Gasteiger partial charge in [0.15, 0.2) is 0 Å². The Kier molecular flexibility index (Phi) is 7.57. The van der Waals surface area contributed by atoms with E-state index in [4.69, 9.17) is 4.74 Å². The van der Waals surface area contributed by atoms with Gasteiger partial charge in [0.2, 0.25) is 11.8 Å². The summed E-state index contributed by atoms with van der Waals surface area (Å²) in [5.74, 6) is -1.03. The first-order chi connectivity index (χ1) is 16.9. The maximum atomic E-state index is 12.8. The molecular formula is C26H26N4O4S. The van der Waals surface area contributed by atoms with Crippen molar-refractivity contribution >= 4 is 45.7 Å². The predicted octanol–water partition coefficient (Wildman–Crippen LogP) is 3.90. The number of aryl methyl sites for hydroxylation is 1. The molecule has 3 N–H and O–H groups in total. The molecule has 2 aromatic heterocycles. The van der Waals surface area contributed by atoms with Gasteiger partial charge in [-0.15, -0.1) is 11.3 Å². The molecule has 8 nitrogen and oxygen atoms in total. The molecule has 1 atom stereocenters. The number of amides is 2. The molecule has 0 unspecified atom stereocenters. The zero-order chi connectivity index (χ0) is 24.8. The Morgan fingerprint density at radius 3 is 2.66 bits per heavy atom. The van der Waals surface area contributed by atoms with E-state index < -0.39 is 12.0 Å². The van der Waals surface area contributed by atoms with Gasteiger partial charge >= 0.3 is 5.97 Å². The summed E-state index contributed by atoms with van der Waals surface area (Å²) in [6.07, 6.45) is 2.26.